The van der Waals surface area contributed by atoms with Crippen LogP contribution in [-0.2, 0) is 0 Å². The first-order valence-electron chi connectivity index (χ1n) is 27.2. The summed E-state index contributed by atoms with van der Waals surface area (Å²) in [6, 6.07) is 15.5. The molecule has 1 heterocycles. The van der Waals surface area contributed by atoms with Gasteiger partial charge in [0, 0.05) is 10.8 Å². The zero-order chi connectivity index (χ0) is 53.5. The Balaban J connectivity index is 1.34. The van der Waals surface area contributed by atoms with Crippen molar-refractivity contribution in [1.82, 2.24) is 0 Å². The van der Waals surface area contributed by atoms with E-state index in [1.165, 1.54) is 213 Å². The molecule has 0 aliphatic rings. The molecular weight excluding hydrogens is 865 g/mol. The van der Waals surface area contributed by atoms with Crippen LogP contribution in [0.2, 0.25) is 0 Å². The molecule has 1 aromatic heterocycles. The monoisotopic (exact) mass is 923 g/mol. The van der Waals surface area contributed by atoms with Crippen molar-refractivity contribution >= 4 is 382 Å². The van der Waals surface area contributed by atoms with Crippen LogP contribution in [0.3, 0.4) is 0 Å². The molecule has 0 atom stereocenters. The molecule has 1 nitrogen and oxygen atoms in total. The molecule has 0 unspecified atom stereocenters. The molecule has 0 radical (unpaired) electrons. The summed E-state index contributed by atoms with van der Waals surface area (Å²) in [4.78, 5) is 0. The zero-order valence-electron chi connectivity index (χ0n) is 48.9. The predicted octanol–water partition coefficient (Wildman–Crippen LogP) is -25.7. The molecular formula is C50H53B23O. The second-order valence-corrected chi connectivity index (χ2v) is 23.3. The van der Waals surface area contributed by atoms with Gasteiger partial charge < -0.3 is 4.42 Å². The number of hydrogen-bond donors (Lipinski definition) is 0. The molecule has 0 aliphatic carbocycles. The van der Waals surface area contributed by atoms with Crippen LogP contribution in [0.1, 0.15) is 0 Å². The highest BCUT2D eigenvalue weighted by Gasteiger charge is 2.30. The fourth-order valence-electron chi connectivity index (χ4n) is 14.8. The summed E-state index contributed by atoms with van der Waals surface area (Å²) < 4.78 is 6.46. The summed E-state index contributed by atoms with van der Waals surface area (Å²) in [7, 11) is 54.9. The van der Waals surface area contributed by atoms with Gasteiger partial charge >= 0.3 is 0 Å². The van der Waals surface area contributed by atoms with Crippen LogP contribution in [0.15, 0.2) is 46.9 Å². The highest BCUT2D eigenvalue weighted by atomic mass is 16.3. The van der Waals surface area contributed by atoms with Gasteiger partial charge in [-0.15, -0.1) is 43.7 Å². The van der Waals surface area contributed by atoms with Crippen molar-refractivity contribution in [3.05, 3.63) is 42.5 Å². The van der Waals surface area contributed by atoms with Gasteiger partial charge in [0.2, 0.25) is 0 Å². The van der Waals surface area contributed by atoms with E-state index in [1.807, 2.05) is 0 Å². The Kier molecular flexibility index (Phi) is 12.0. The summed E-state index contributed by atoms with van der Waals surface area (Å²) in [6.45, 7) is 0. The topological polar surface area (TPSA) is 13.1 Å². The Hall–Kier alpha value is -5.21. The molecule has 0 aliphatic heterocycles. The molecule has 10 aromatic carbocycles. The minimum Gasteiger partial charge on any atom is -0.456 e. The van der Waals surface area contributed by atoms with Crippen molar-refractivity contribution in [2.75, 3.05) is 0 Å². The summed E-state index contributed by atoms with van der Waals surface area (Å²) in [6.07, 6.45) is 0. The lowest BCUT2D eigenvalue weighted by Gasteiger charge is -2.32. The minimum atomic E-state index is 0.928. The van der Waals surface area contributed by atoms with Gasteiger partial charge in [0.25, 0.3) is 0 Å². The average Bonchev–Trinajstić information content (AvgIpc) is 3.76. The van der Waals surface area contributed by atoms with Crippen molar-refractivity contribution < 1.29 is 4.42 Å². The van der Waals surface area contributed by atoms with Gasteiger partial charge in [-0.05, 0) is 105 Å². The van der Waals surface area contributed by atoms with Gasteiger partial charge in [0.1, 0.15) is 192 Å². The normalized spacial score (nSPS) is 11.9. The summed E-state index contributed by atoms with van der Waals surface area (Å²) in [5.41, 5.74) is 42.0. The maximum absolute atomic E-state index is 6.46. The molecule has 328 valence electrons. The summed E-state index contributed by atoms with van der Waals surface area (Å²) >= 11 is 0. The van der Waals surface area contributed by atoms with Gasteiger partial charge in [0.05, 0.1) is 0 Å². The largest absolute Gasteiger partial charge is 0.456 e. The molecule has 0 N–H and O–H groups in total. The number of benzene rings is 10. The van der Waals surface area contributed by atoms with Crippen LogP contribution >= 0.6 is 0 Å². The third-order valence-electron chi connectivity index (χ3n) is 20.5. The molecule has 11 aromatic rings. The molecule has 0 saturated carbocycles. The van der Waals surface area contributed by atoms with Crippen molar-refractivity contribution in [1.29, 1.82) is 0 Å². The Morgan fingerprint density at radius 3 is 0.946 bits per heavy atom. The lowest BCUT2D eigenvalue weighted by molar-refractivity contribution is 0.669. The highest BCUT2D eigenvalue weighted by molar-refractivity contribution is 6.77. The first kappa shape index (κ1) is 50.9. The summed E-state index contributed by atoms with van der Waals surface area (Å²) in [5, 5.41) is 16.4. The van der Waals surface area contributed by atoms with Crippen LogP contribution in [-0.4, -0.2) is 180 Å². The van der Waals surface area contributed by atoms with Crippen LogP contribution in [0.25, 0.3) is 109 Å². The van der Waals surface area contributed by atoms with E-state index in [2.05, 4.69) is 223 Å². The molecule has 0 amide bonds. The fourth-order valence-corrected chi connectivity index (χ4v) is 14.8. The number of para-hydroxylation sites is 1. The van der Waals surface area contributed by atoms with E-state index in [1.54, 1.807) is 0 Å². The van der Waals surface area contributed by atoms with Gasteiger partial charge in [-0.2, -0.15) is 0 Å². The molecule has 0 fully saturated rings. The van der Waals surface area contributed by atoms with Crippen molar-refractivity contribution in [3.8, 4) is 33.4 Å². The van der Waals surface area contributed by atoms with Gasteiger partial charge in [0.15, 0.2) is 0 Å². The molecule has 24 heteroatoms. The van der Waals surface area contributed by atoms with E-state index in [9.17, 15) is 0 Å². The SMILES string of the molecule is Bc1c(-c2c(B)c3c(B)c(B)c(B)c(B)c3c3c(B)c(B)c(B)c(B)c23)c(B)c2c(B)c(B)c(-c3c4c(B)c(B)c(B)c(B)c4c(-c4ccc5oc6ccccc6c5c4)c4c(B)c(B)c(B)c(B)c34)c(B)c2c1B. The van der Waals surface area contributed by atoms with E-state index in [0.29, 0.717) is 0 Å². The smallest absolute Gasteiger partial charge is 0.140 e. The summed E-state index contributed by atoms with van der Waals surface area (Å²) in [5.74, 6) is 0. The predicted molar refractivity (Wildman–Crippen MR) is 406 cm³/mol. The Labute approximate surface area is 459 Å². The Morgan fingerprint density at radius 2 is 0.500 bits per heavy atom. The van der Waals surface area contributed by atoms with Gasteiger partial charge in [-0.1, -0.05) is 106 Å². The standard InChI is InChI=1S/C50H53B23O/c51-28-21(19-20(36(59)48(71)47(70)35(19)58)22-25(28)42(65)50(73)49(72)37(22)60)24-30(53)27-26(41(64)39(24)62)29(52)23(38(61)40(27)63)14-17-15(31(54)43(66)45(68)33(17)56)13(16-18(14)34(57)46(69)44(67)32(16)55)8-5-6-12-10(7-8)9-3-1-2-4-11(9)74-12/h1-7H,51-73H2. The number of furan rings is 1. The van der Waals surface area contributed by atoms with Crippen molar-refractivity contribution in [2.24, 2.45) is 0 Å². The van der Waals surface area contributed by atoms with E-state index in [-0.39, 0.29) is 0 Å². The van der Waals surface area contributed by atoms with E-state index in [0.717, 1.165) is 21.9 Å². The van der Waals surface area contributed by atoms with Crippen LogP contribution in [0.4, 0.5) is 0 Å². The molecule has 74 heavy (non-hydrogen) atoms. The van der Waals surface area contributed by atoms with Crippen molar-refractivity contribution in [3.63, 3.8) is 0 Å². The Morgan fingerprint density at radius 1 is 0.203 bits per heavy atom. The lowest BCUT2D eigenvalue weighted by atomic mass is 9.56. The first-order valence-corrected chi connectivity index (χ1v) is 27.2. The minimum absolute atomic E-state index is 0.928. The third-order valence-corrected chi connectivity index (χ3v) is 20.5. The van der Waals surface area contributed by atoms with Crippen molar-refractivity contribution in [2.45, 2.75) is 0 Å². The zero-order valence-corrected chi connectivity index (χ0v) is 48.9. The molecule has 0 spiro atoms. The Bertz CT molecular complexity index is 4440. The van der Waals surface area contributed by atoms with Crippen LogP contribution in [0, 0.1) is 0 Å². The number of hydrogen-bond acceptors (Lipinski definition) is 1. The maximum atomic E-state index is 6.46. The van der Waals surface area contributed by atoms with Gasteiger partial charge in [-0.3, -0.25) is 0 Å². The average molecular weight is 919 g/mol. The molecule has 11 rings (SSSR count). The maximum Gasteiger partial charge on any atom is 0.140 e. The second-order valence-electron chi connectivity index (χ2n) is 23.3. The van der Waals surface area contributed by atoms with Crippen LogP contribution < -0.4 is 126 Å². The molecule has 0 saturated heterocycles. The number of rotatable bonds is 3. The van der Waals surface area contributed by atoms with Gasteiger partial charge in [-0.25, -0.2) is 0 Å². The highest BCUT2D eigenvalue weighted by Crippen LogP contribution is 2.42. The lowest BCUT2D eigenvalue weighted by Crippen LogP contribution is -2.52. The second kappa shape index (κ2) is 17.4. The first-order chi connectivity index (χ1) is 34.9. The third kappa shape index (κ3) is 6.51. The van der Waals surface area contributed by atoms with E-state index < -0.39 is 0 Å². The molecule has 0 bridgehead atoms. The quantitative estimate of drug-likeness (QED) is 0.0978. The fraction of sp³-hybridized carbons (Fsp3) is 0. The number of fused-ring (bicyclic) bond motifs is 9. The van der Waals surface area contributed by atoms with E-state index >= 15 is 0 Å². The van der Waals surface area contributed by atoms with Crippen LogP contribution in [0.5, 0.6) is 0 Å². The van der Waals surface area contributed by atoms with E-state index in [4.69, 9.17) is 4.42 Å².